The maximum Gasteiger partial charge on any atom is 0.338 e. The first-order chi connectivity index (χ1) is 15.4. The van der Waals surface area contributed by atoms with Crippen LogP contribution in [-0.2, 0) is 11.3 Å². The highest BCUT2D eigenvalue weighted by atomic mass is 32.1. The minimum atomic E-state index is -0.349. The number of aryl methyl sites for hydroxylation is 2. The number of aromatic nitrogens is 1. The molecule has 2 aromatic carbocycles. The average Bonchev–Trinajstić information content (AvgIpc) is 3.35. The van der Waals surface area contributed by atoms with Crippen molar-refractivity contribution in [2.75, 3.05) is 13.2 Å². The van der Waals surface area contributed by atoms with Crippen molar-refractivity contribution in [2.24, 2.45) is 0 Å². The van der Waals surface area contributed by atoms with Crippen LogP contribution in [-0.4, -0.2) is 39.9 Å². The largest absolute Gasteiger partial charge is 0.510 e. The van der Waals surface area contributed by atoms with E-state index in [4.69, 9.17) is 15.1 Å². The minimum absolute atomic E-state index is 0.152. The van der Waals surface area contributed by atoms with Crippen LogP contribution in [0.25, 0.3) is 16.8 Å². The van der Waals surface area contributed by atoms with Crippen LogP contribution >= 0.6 is 11.3 Å². The zero-order valence-electron chi connectivity index (χ0n) is 18.3. The number of aliphatic hydroxyl groups is 1. The summed E-state index contributed by atoms with van der Waals surface area (Å²) < 4.78 is 5.01. The molecule has 4 rings (SSSR count). The molecule has 0 amide bonds. The van der Waals surface area contributed by atoms with E-state index in [0.717, 1.165) is 16.8 Å². The van der Waals surface area contributed by atoms with E-state index in [1.807, 2.05) is 23.6 Å². The summed E-state index contributed by atoms with van der Waals surface area (Å²) in [5, 5.41) is 21.8. The molecule has 2 heterocycles. The third-order valence-corrected chi connectivity index (χ3v) is 6.40. The predicted molar refractivity (Wildman–Crippen MR) is 127 cm³/mol. The van der Waals surface area contributed by atoms with Gasteiger partial charge in [-0.1, -0.05) is 24.3 Å². The lowest BCUT2D eigenvalue weighted by Gasteiger charge is -2.18. The van der Waals surface area contributed by atoms with Gasteiger partial charge in [0.2, 0.25) is 0 Å². The van der Waals surface area contributed by atoms with E-state index >= 15 is 0 Å². The molecule has 0 unspecified atom stereocenters. The van der Waals surface area contributed by atoms with E-state index in [1.165, 1.54) is 22.5 Å². The van der Waals surface area contributed by atoms with Crippen LogP contribution in [0.1, 0.15) is 39.0 Å². The molecule has 0 radical (unpaired) electrons. The molecule has 0 aliphatic carbocycles. The molecular weight excluding hydrogens is 422 g/mol. The Morgan fingerprint density at radius 1 is 1.19 bits per heavy atom. The van der Waals surface area contributed by atoms with Gasteiger partial charge in [0.05, 0.1) is 30.0 Å². The van der Waals surface area contributed by atoms with Crippen LogP contribution in [0.15, 0.2) is 53.6 Å². The maximum atomic E-state index is 11.8. The van der Waals surface area contributed by atoms with Crippen molar-refractivity contribution >= 4 is 28.7 Å². The Morgan fingerprint density at radius 3 is 2.62 bits per heavy atom. The van der Waals surface area contributed by atoms with Crippen LogP contribution < -0.4 is 0 Å². The number of hydrogen-bond acceptors (Lipinski definition) is 6. The normalized spacial score (nSPS) is 13.7. The fourth-order valence-electron chi connectivity index (χ4n) is 3.60. The summed E-state index contributed by atoms with van der Waals surface area (Å²) in [4.78, 5) is 18.3. The van der Waals surface area contributed by atoms with E-state index in [9.17, 15) is 9.90 Å². The fraction of sp³-hybridized carbons (Fsp3) is 0.240. The van der Waals surface area contributed by atoms with Gasteiger partial charge in [0.15, 0.2) is 0 Å². The molecule has 0 bridgehead atoms. The van der Waals surface area contributed by atoms with E-state index in [0.29, 0.717) is 29.3 Å². The lowest BCUT2D eigenvalue weighted by Crippen LogP contribution is -2.26. The standard InChI is InChI=1S/C25H25N3O3S/c1-4-31-25(30)18-9-6-17(7-10-18)12-28-13-21(29)22(23(28)26)24-27-20(14-32-24)19-8-5-15(2)16(3)11-19/h5-11,14,26,29H,4,12-13H2,1-3H3. The number of carbonyl (C=O) groups is 1. The molecule has 0 saturated heterocycles. The first-order valence-electron chi connectivity index (χ1n) is 10.4. The zero-order chi connectivity index (χ0) is 22.8. The number of ether oxygens (including phenoxy) is 1. The van der Waals surface area contributed by atoms with Crippen molar-refractivity contribution in [3.8, 4) is 11.3 Å². The average molecular weight is 448 g/mol. The number of esters is 1. The number of rotatable bonds is 6. The minimum Gasteiger partial charge on any atom is -0.510 e. The van der Waals surface area contributed by atoms with Crippen LogP contribution in [0.5, 0.6) is 0 Å². The van der Waals surface area contributed by atoms with Crippen molar-refractivity contribution in [3.63, 3.8) is 0 Å². The Balaban J connectivity index is 1.49. The maximum absolute atomic E-state index is 11.8. The van der Waals surface area contributed by atoms with Gasteiger partial charge in [-0.15, -0.1) is 11.3 Å². The molecule has 6 nitrogen and oxygen atoms in total. The Bertz CT molecular complexity index is 1210. The Labute approximate surface area is 191 Å². The summed E-state index contributed by atoms with van der Waals surface area (Å²) in [6.45, 7) is 6.96. The summed E-state index contributed by atoms with van der Waals surface area (Å²) in [6.07, 6.45) is 0. The van der Waals surface area contributed by atoms with Crippen LogP contribution in [0, 0.1) is 19.3 Å². The highest BCUT2D eigenvalue weighted by Crippen LogP contribution is 2.33. The molecule has 0 saturated carbocycles. The highest BCUT2D eigenvalue weighted by Gasteiger charge is 2.30. The van der Waals surface area contributed by atoms with Gasteiger partial charge in [-0.3, -0.25) is 5.41 Å². The molecule has 7 heteroatoms. The summed E-state index contributed by atoms with van der Waals surface area (Å²) in [6, 6.07) is 13.4. The molecule has 1 aliphatic heterocycles. The Hall–Kier alpha value is -3.45. The zero-order valence-corrected chi connectivity index (χ0v) is 19.1. The first-order valence-corrected chi connectivity index (χ1v) is 11.3. The Kier molecular flexibility index (Phi) is 6.10. The van der Waals surface area contributed by atoms with Crippen molar-refractivity contribution in [1.29, 1.82) is 5.41 Å². The van der Waals surface area contributed by atoms with Crippen LogP contribution in [0.2, 0.25) is 0 Å². The topological polar surface area (TPSA) is 86.5 Å². The summed E-state index contributed by atoms with van der Waals surface area (Å²) in [5.41, 5.74) is 6.21. The van der Waals surface area contributed by atoms with Gasteiger partial charge >= 0.3 is 5.97 Å². The first kappa shape index (κ1) is 21.8. The van der Waals surface area contributed by atoms with Crippen molar-refractivity contribution in [3.05, 3.63) is 80.9 Å². The Morgan fingerprint density at radius 2 is 1.94 bits per heavy atom. The molecule has 164 valence electrons. The van der Waals surface area contributed by atoms with Gasteiger partial charge in [0.25, 0.3) is 0 Å². The SMILES string of the molecule is CCOC(=O)c1ccc(CN2CC(O)=C(c3nc(-c4ccc(C)c(C)c4)cs3)C2=N)cc1. The third-order valence-electron chi connectivity index (χ3n) is 5.54. The second kappa shape index (κ2) is 8.96. The van der Waals surface area contributed by atoms with Gasteiger partial charge < -0.3 is 14.7 Å². The van der Waals surface area contributed by atoms with Gasteiger partial charge in [0, 0.05) is 17.5 Å². The molecule has 0 atom stereocenters. The number of hydrogen-bond donors (Lipinski definition) is 2. The molecule has 0 fully saturated rings. The number of nitrogens with zero attached hydrogens (tertiary/aromatic N) is 2. The summed E-state index contributed by atoms with van der Waals surface area (Å²) in [7, 11) is 0. The van der Waals surface area contributed by atoms with E-state index in [-0.39, 0.29) is 24.1 Å². The van der Waals surface area contributed by atoms with E-state index in [1.54, 1.807) is 24.0 Å². The van der Waals surface area contributed by atoms with Gasteiger partial charge in [-0.2, -0.15) is 0 Å². The van der Waals surface area contributed by atoms with Gasteiger partial charge in [-0.25, -0.2) is 9.78 Å². The molecular formula is C25H25N3O3S. The van der Waals surface area contributed by atoms with Crippen molar-refractivity contribution < 1.29 is 14.6 Å². The lowest BCUT2D eigenvalue weighted by atomic mass is 10.1. The lowest BCUT2D eigenvalue weighted by molar-refractivity contribution is 0.0526. The molecule has 32 heavy (non-hydrogen) atoms. The second-order valence-corrected chi connectivity index (χ2v) is 8.64. The number of thiazole rings is 1. The summed E-state index contributed by atoms with van der Waals surface area (Å²) in [5.74, 6) is 0.0509. The molecule has 0 spiro atoms. The fourth-order valence-corrected chi connectivity index (χ4v) is 4.49. The third kappa shape index (κ3) is 4.29. The quantitative estimate of drug-likeness (QED) is 0.497. The molecule has 1 aromatic heterocycles. The second-order valence-electron chi connectivity index (χ2n) is 7.78. The predicted octanol–water partition coefficient (Wildman–Crippen LogP) is 5.37. The van der Waals surface area contributed by atoms with E-state index in [2.05, 4.69) is 26.0 Å². The molecule has 1 aliphatic rings. The molecule has 3 aromatic rings. The summed E-state index contributed by atoms with van der Waals surface area (Å²) >= 11 is 1.43. The van der Waals surface area contributed by atoms with Gasteiger partial charge in [0.1, 0.15) is 16.6 Å². The number of nitrogens with one attached hydrogen (secondary N) is 1. The van der Waals surface area contributed by atoms with E-state index < -0.39 is 0 Å². The van der Waals surface area contributed by atoms with Crippen LogP contribution in [0.3, 0.4) is 0 Å². The van der Waals surface area contributed by atoms with Crippen molar-refractivity contribution in [2.45, 2.75) is 27.3 Å². The number of aliphatic hydroxyl groups excluding tert-OH is 1. The van der Waals surface area contributed by atoms with Gasteiger partial charge in [-0.05, 0) is 55.7 Å². The monoisotopic (exact) mass is 447 g/mol. The number of carbonyl (C=O) groups excluding carboxylic acids is 1. The number of amidine groups is 1. The highest BCUT2D eigenvalue weighted by molar-refractivity contribution is 7.11. The smallest absolute Gasteiger partial charge is 0.338 e. The number of benzene rings is 2. The molecule has 2 N–H and O–H groups in total. The van der Waals surface area contributed by atoms with Crippen molar-refractivity contribution in [1.82, 2.24) is 9.88 Å². The van der Waals surface area contributed by atoms with Crippen LogP contribution in [0.4, 0.5) is 0 Å².